The molecule has 2 unspecified atom stereocenters. The third-order valence-electron chi connectivity index (χ3n) is 4.10. The zero-order valence-electron chi connectivity index (χ0n) is 13.9. The fraction of sp³-hybridized carbons (Fsp3) is 0.353. The summed E-state index contributed by atoms with van der Waals surface area (Å²) in [5.74, 6) is -0.488. The van der Waals surface area contributed by atoms with E-state index in [1.54, 1.807) is 23.6 Å². The molecule has 0 N–H and O–H groups in total. The van der Waals surface area contributed by atoms with Gasteiger partial charge in [0.2, 0.25) is 5.91 Å². The van der Waals surface area contributed by atoms with E-state index >= 15 is 0 Å². The van der Waals surface area contributed by atoms with Crippen LogP contribution in [0.25, 0.3) is 0 Å². The van der Waals surface area contributed by atoms with Gasteiger partial charge in [-0.25, -0.2) is 9.79 Å². The van der Waals surface area contributed by atoms with Crippen LogP contribution in [-0.2, 0) is 14.3 Å². The number of ether oxygens (including phenoxy) is 1. The maximum Gasteiger partial charge on any atom is 0.338 e. The zero-order valence-corrected chi connectivity index (χ0v) is 15.5. The van der Waals surface area contributed by atoms with Crippen molar-refractivity contribution in [3.05, 3.63) is 41.1 Å². The molecule has 5 nitrogen and oxygen atoms in total. The molecular formula is C17H18N2O3S2. The summed E-state index contributed by atoms with van der Waals surface area (Å²) in [6, 6.07) is 7.40. The molecule has 1 aromatic carbocycles. The van der Waals surface area contributed by atoms with Crippen LogP contribution in [0.15, 0.2) is 45.4 Å². The van der Waals surface area contributed by atoms with Gasteiger partial charge in [0.1, 0.15) is 0 Å². The van der Waals surface area contributed by atoms with Crippen molar-refractivity contribution in [3.8, 4) is 0 Å². The number of amidine groups is 1. The van der Waals surface area contributed by atoms with Crippen LogP contribution in [0.2, 0.25) is 0 Å². The van der Waals surface area contributed by atoms with Gasteiger partial charge in [0.05, 0.1) is 29.7 Å². The molecular weight excluding hydrogens is 344 g/mol. The van der Waals surface area contributed by atoms with Crippen LogP contribution in [-0.4, -0.2) is 40.6 Å². The van der Waals surface area contributed by atoms with Gasteiger partial charge in [-0.2, -0.15) is 0 Å². The summed E-state index contributed by atoms with van der Waals surface area (Å²) in [7, 11) is 1.35. The number of methoxy groups -OCH3 is 1. The molecule has 3 rings (SSSR count). The Labute approximate surface area is 149 Å². The Morgan fingerprint density at radius 1 is 1.33 bits per heavy atom. The smallest absolute Gasteiger partial charge is 0.338 e. The number of esters is 1. The van der Waals surface area contributed by atoms with Crippen molar-refractivity contribution in [1.82, 2.24) is 4.90 Å². The van der Waals surface area contributed by atoms with Gasteiger partial charge in [-0.15, -0.1) is 11.8 Å². The predicted molar refractivity (Wildman–Crippen MR) is 97.0 cm³/mol. The average molecular weight is 362 g/mol. The molecule has 1 aromatic rings. The highest BCUT2D eigenvalue weighted by atomic mass is 32.2. The highest BCUT2D eigenvalue weighted by molar-refractivity contribution is 8.15. The van der Waals surface area contributed by atoms with E-state index in [1.807, 2.05) is 37.4 Å². The molecule has 0 spiro atoms. The number of allylic oxidation sites excluding steroid dienone is 1. The number of benzene rings is 1. The normalized spacial score (nSPS) is 23.2. The second-order valence-electron chi connectivity index (χ2n) is 5.53. The lowest BCUT2D eigenvalue weighted by Gasteiger charge is -2.32. The highest BCUT2D eigenvalue weighted by Crippen LogP contribution is 2.43. The number of fused-ring (bicyclic) bond motifs is 1. The number of nitrogens with zero attached hydrogens (tertiary/aromatic N) is 2. The first-order valence-electron chi connectivity index (χ1n) is 7.49. The molecule has 2 heterocycles. The summed E-state index contributed by atoms with van der Waals surface area (Å²) in [5.41, 5.74) is 1.89. The van der Waals surface area contributed by atoms with E-state index < -0.39 is 12.0 Å². The first-order chi connectivity index (χ1) is 11.5. The molecule has 126 valence electrons. The number of hydrogen-bond donors (Lipinski definition) is 0. The van der Waals surface area contributed by atoms with Gasteiger partial charge in [-0.3, -0.25) is 9.69 Å². The fourth-order valence-electron chi connectivity index (χ4n) is 2.88. The largest absolute Gasteiger partial charge is 0.466 e. The fourth-order valence-corrected chi connectivity index (χ4v) is 4.31. The van der Waals surface area contributed by atoms with E-state index in [2.05, 4.69) is 4.99 Å². The number of thioether (sulfide) groups is 2. The summed E-state index contributed by atoms with van der Waals surface area (Å²) in [6.07, 6.45) is 2.01. The van der Waals surface area contributed by atoms with Crippen molar-refractivity contribution in [3.63, 3.8) is 0 Å². The predicted octanol–water partition coefficient (Wildman–Crippen LogP) is 3.23. The van der Waals surface area contributed by atoms with Gasteiger partial charge in [-0.05, 0) is 37.8 Å². The summed E-state index contributed by atoms with van der Waals surface area (Å²) in [5, 5.41) is 0.443. The standard InChI is InChI=1S/C17H18N2O3S2/c1-9-13(16(21)22-3)14(11-5-7-12(23-4)8-6-11)19-15(20)10(2)24-17(19)18-9/h5-8,10,14H,1-4H3. The van der Waals surface area contributed by atoms with E-state index in [0.717, 1.165) is 10.5 Å². The molecule has 0 aromatic heterocycles. The number of amides is 1. The summed E-state index contributed by atoms with van der Waals surface area (Å²) < 4.78 is 4.95. The van der Waals surface area contributed by atoms with E-state index in [1.165, 1.54) is 18.9 Å². The Hall–Kier alpha value is -1.73. The Bertz CT molecular complexity index is 756. The zero-order chi connectivity index (χ0) is 17.4. The summed E-state index contributed by atoms with van der Waals surface area (Å²) >= 11 is 3.07. The van der Waals surface area contributed by atoms with Crippen LogP contribution in [0.4, 0.5) is 0 Å². The number of carbonyl (C=O) groups is 2. The van der Waals surface area contributed by atoms with Gasteiger partial charge in [0, 0.05) is 4.90 Å². The molecule has 24 heavy (non-hydrogen) atoms. The van der Waals surface area contributed by atoms with Crippen molar-refractivity contribution in [2.24, 2.45) is 4.99 Å². The molecule has 1 saturated heterocycles. The second kappa shape index (κ2) is 6.64. The van der Waals surface area contributed by atoms with Crippen LogP contribution >= 0.6 is 23.5 Å². The van der Waals surface area contributed by atoms with E-state index in [9.17, 15) is 9.59 Å². The van der Waals surface area contributed by atoms with Crippen molar-refractivity contribution in [1.29, 1.82) is 0 Å². The van der Waals surface area contributed by atoms with Gasteiger partial charge < -0.3 is 4.74 Å². The number of carbonyl (C=O) groups excluding carboxylic acids is 2. The van der Waals surface area contributed by atoms with Crippen molar-refractivity contribution in [2.45, 2.75) is 30.0 Å². The molecule has 0 bridgehead atoms. The van der Waals surface area contributed by atoms with Gasteiger partial charge >= 0.3 is 5.97 Å². The lowest BCUT2D eigenvalue weighted by atomic mass is 9.94. The van der Waals surface area contributed by atoms with E-state index in [4.69, 9.17) is 4.74 Å². The van der Waals surface area contributed by atoms with E-state index in [0.29, 0.717) is 16.4 Å². The monoisotopic (exact) mass is 362 g/mol. The SMILES string of the molecule is COC(=O)C1=C(C)N=C2SC(C)C(=O)N2C1c1ccc(SC)cc1. The Kier molecular flexibility index (Phi) is 4.73. The van der Waals surface area contributed by atoms with Crippen molar-refractivity contribution in [2.75, 3.05) is 13.4 Å². The van der Waals surface area contributed by atoms with Crippen LogP contribution in [0.3, 0.4) is 0 Å². The Morgan fingerprint density at radius 2 is 2.00 bits per heavy atom. The first-order valence-corrected chi connectivity index (χ1v) is 9.59. The van der Waals surface area contributed by atoms with Crippen LogP contribution in [0.5, 0.6) is 0 Å². The lowest BCUT2D eigenvalue weighted by Crippen LogP contribution is -2.40. The van der Waals surface area contributed by atoms with Gasteiger partial charge in [0.25, 0.3) is 0 Å². The third kappa shape index (κ3) is 2.75. The molecule has 0 saturated carbocycles. The maximum atomic E-state index is 12.7. The van der Waals surface area contributed by atoms with Crippen LogP contribution in [0.1, 0.15) is 25.5 Å². The third-order valence-corrected chi connectivity index (χ3v) is 5.89. The van der Waals surface area contributed by atoms with Gasteiger partial charge in [0.15, 0.2) is 5.17 Å². The molecule has 1 fully saturated rings. The topological polar surface area (TPSA) is 59.0 Å². The van der Waals surface area contributed by atoms with Crippen LogP contribution in [0, 0.1) is 0 Å². The molecule has 2 atom stereocenters. The minimum absolute atomic E-state index is 0.0356. The molecule has 2 aliphatic heterocycles. The number of aliphatic imine (C=N–C) groups is 1. The summed E-state index contributed by atoms with van der Waals surface area (Å²) in [6.45, 7) is 3.64. The Balaban J connectivity index is 2.14. The molecule has 7 heteroatoms. The number of rotatable bonds is 3. The molecule has 0 aliphatic carbocycles. The summed E-state index contributed by atoms with van der Waals surface area (Å²) in [4.78, 5) is 32.2. The number of hydrogen-bond acceptors (Lipinski definition) is 6. The van der Waals surface area contributed by atoms with E-state index in [-0.39, 0.29) is 11.2 Å². The molecule has 2 aliphatic rings. The maximum absolute atomic E-state index is 12.7. The molecule has 1 amide bonds. The minimum atomic E-state index is -0.495. The molecule has 0 radical (unpaired) electrons. The Morgan fingerprint density at radius 3 is 2.58 bits per heavy atom. The minimum Gasteiger partial charge on any atom is -0.466 e. The second-order valence-corrected chi connectivity index (χ2v) is 7.72. The van der Waals surface area contributed by atoms with Crippen molar-refractivity contribution >= 4 is 40.6 Å². The highest BCUT2D eigenvalue weighted by Gasteiger charge is 2.46. The quantitative estimate of drug-likeness (QED) is 0.610. The average Bonchev–Trinajstić information content (AvgIpc) is 2.87. The lowest BCUT2D eigenvalue weighted by molar-refractivity contribution is -0.137. The van der Waals surface area contributed by atoms with Crippen molar-refractivity contribution < 1.29 is 14.3 Å². The van der Waals surface area contributed by atoms with Crippen LogP contribution < -0.4 is 0 Å². The first kappa shape index (κ1) is 17.1. The van der Waals surface area contributed by atoms with Gasteiger partial charge in [-0.1, -0.05) is 23.9 Å².